The van der Waals surface area contributed by atoms with Crippen LogP contribution in [0.3, 0.4) is 0 Å². The fourth-order valence-corrected chi connectivity index (χ4v) is 2.77. The van der Waals surface area contributed by atoms with Gasteiger partial charge in [-0.3, -0.25) is 0 Å². The molecule has 0 nitrogen and oxygen atoms in total. The molecule has 0 heteroatoms. The molecule has 0 aliphatic carbocycles. The molecule has 1 aromatic carbocycles. The molecule has 0 bridgehead atoms. The Balaban J connectivity index is 2.92. The van der Waals surface area contributed by atoms with Crippen LogP contribution in [0.2, 0.25) is 0 Å². The number of unbranched alkanes of at least 4 members (excludes halogenated alkanes) is 3. The zero-order valence-corrected chi connectivity index (χ0v) is 15.4. The first-order chi connectivity index (χ1) is 9.75. The van der Waals surface area contributed by atoms with Crippen molar-refractivity contribution in [2.75, 3.05) is 0 Å². The second kappa shape index (κ2) is 8.01. The number of rotatable bonds is 7. The molecule has 1 rings (SSSR count). The first-order valence-corrected chi connectivity index (χ1v) is 8.91. The predicted octanol–water partition coefficient (Wildman–Crippen LogP) is 7.18. The van der Waals surface area contributed by atoms with Gasteiger partial charge in [-0.15, -0.1) is 0 Å². The quantitative estimate of drug-likeness (QED) is 0.466. The van der Waals surface area contributed by atoms with Gasteiger partial charge in [-0.1, -0.05) is 92.3 Å². The van der Waals surface area contributed by atoms with E-state index in [2.05, 4.69) is 66.7 Å². The van der Waals surface area contributed by atoms with Crippen LogP contribution in [0.1, 0.15) is 109 Å². The molecule has 0 heterocycles. The highest BCUT2D eigenvalue weighted by atomic mass is 14.2. The Hall–Kier alpha value is -0.780. The topological polar surface area (TPSA) is 0 Å². The zero-order chi connectivity index (χ0) is 16.0. The van der Waals surface area contributed by atoms with Gasteiger partial charge in [0.15, 0.2) is 0 Å². The van der Waals surface area contributed by atoms with E-state index in [0.29, 0.717) is 11.8 Å². The summed E-state index contributed by atoms with van der Waals surface area (Å²) in [7, 11) is 0. The Morgan fingerprint density at radius 1 is 0.857 bits per heavy atom. The van der Waals surface area contributed by atoms with Crippen molar-refractivity contribution in [1.29, 1.82) is 0 Å². The lowest BCUT2D eigenvalue weighted by atomic mass is 9.81. The molecule has 0 spiro atoms. The average molecular weight is 289 g/mol. The van der Waals surface area contributed by atoms with E-state index in [1.54, 1.807) is 5.56 Å². The van der Waals surface area contributed by atoms with Crippen molar-refractivity contribution < 1.29 is 0 Å². The zero-order valence-electron chi connectivity index (χ0n) is 15.4. The van der Waals surface area contributed by atoms with Gasteiger partial charge in [-0.05, 0) is 40.4 Å². The lowest BCUT2D eigenvalue weighted by Crippen LogP contribution is -2.13. The van der Waals surface area contributed by atoms with Crippen LogP contribution >= 0.6 is 0 Å². The Kier molecular flexibility index (Phi) is 6.97. The Morgan fingerprint density at radius 3 is 2.00 bits per heavy atom. The van der Waals surface area contributed by atoms with E-state index >= 15 is 0 Å². The standard InChI is InChI=1S/C21H36/c1-8-9-10-11-12-17(4)19-13-18(16(2)3)14-20(15-19)21(5,6)7/h13-17H,8-12H2,1-7H3. The summed E-state index contributed by atoms with van der Waals surface area (Å²) >= 11 is 0. The van der Waals surface area contributed by atoms with Crippen LogP contribution in [0.4, 0.5) is 0 Å². The summed E-state index contributed by atoms with van der Waals surface area (Å²) in [6.45, 7) is 16.3. The van der Waals surface area contributed by atoms with Gasteiger partial charge in [-0.25, -0.2) is 0 Å². The van der Waals surface area contributed by atoms with E-state index in [1.807, 2.05) is 0 Å². The maximum atomic E-state index is 2.45. The smallest absolute Gasteiger partial charge is 0.0132 e. The van der Waals surface area contributed by atoms with Crippen LogP contribution in [0.15, 0.2) is 18.2 Å². The highest BCUT2D eigenvalue weighted by Crippen LogP contribution is 2.31. The molecule has 0 fully saturated rings. The van der Waals surface area contributed by atoms with Gasteiger partial charge in [0, 0.05) is 0 Å². The van der Waals surface area contributed by atoms with Crippen LogP contribution in [-0.2, 0) is 5.41 Å². The maximum absolute atomic E-state index is 2.45. The van der Waals surface area contributed by atoms with Crippen LogP contribution < -0.4 is 0 Å². The van der Waals surface area contributed by atoms with Gasteiger partial charge >= 0.3 is 0 Å². The molecule has 0 radical (unpaired) electrons. The first-order valence-electron chi connectivity index (χ1n) is 8.91. The molecule has 1 unspecified atom stereocenters. The summed E-state index contributed by atoms with van der Waals surface area (Å²) in [6, 6.07) is 7.32. The lowest BCUT2D eigenvalue weighted by Gasteiger charge is -2.24. The van der Waals surface area contributed by atoms with Crippen LogP contribution in [-0.4, -0.2) is 0 Å². The summed E-state index contributed by atoms with van der Waals surface area (Å²) in [5, 5.41) is 0. The van der Waals surface area contributed by atoms with Gasteiger partial charge < -0.3 is 0 Å². The summed E-state index contributed by atoms with van der Waals surface area (Å²) in [5.41, 5.74) is 4.77. The molecule has 0 N–H and O–H groups in total. The normalized spacial score (nSPS) is 13.7. The Labute approximate surface area is 133 Å². The van der Waals surface area contributed by atoms with E-state index < -0.39 is 0 Å². The fraction of sp³-hybridized carbons (Fsp3) is 0.714. The predicted molar refractivity (Wildman–Crippen MR) is 96.4 cm³/mol. The molecule has 0 saturated carbocycles. The summed E-state index contributed by atoms with van der Waals surface area (Å²) in [6.07, 6.45) is 6.78. The number of hydrogen-bond donors (Lipinski definition) is 0. The minimum absolute atomic E-state index is 0.238. The van der Waals surface area contributed by atoms with Crippen LogP contribution in [0.25, 0.3) is 0 Å². The first kappa shape index (κ1) is 18.3. The fourth-order valence-electron chi connectivity index (χ4n) is 2.77. The minimum atomic E-state index is 0.238. The molecule has 120 valence electrons. The molecular weight excluding hydrogens is 252 g/mol. The minimum Gasteiger partial charge on any atom is -0.0654 e. The van der Waals surface area contributed by atoms with Crippen molar-refractivity contribution >= 4 is 0 Å². The Morgan fingerprint density at radius 2 is 1.48 bits per heavy atom. The van der Waals surface area contributed by atoms with Gasteiger partial charge in [0.2, 0.25) is 0 Å². The molecule has 1 aromatic rings. The van der Waals surface area contributed by atoms with Crippen LogP contribution in [0.5, 0.6) is 0 Å². The maximum Gasteiger partial charge on any atom is -0.0132 e. The van der Waals surface area contributed by atoms with E-state index in [9.17, 15) is 0 Å². The molecule has 0 aliphatic heterocycles. The second-order valence-electron chi connectivity index (χ2n) is 8.04. The second-order valence-corrected chi connectivity index (χ2v) is 8.04. The summed E-state index contributed by atoms with van der Waals surface area (Å²) in [5.74, 6) is 1.29. The van der Waals surface area contributed by atoms with E-state index in [4.69, 9.17) is 0 Å². The Bertz CT molecular complexity index is 420. The van der Waals surface area contributed by atoms with E-state index in [-0.39, 0.29) is 5.41 Å². The van der Waals surface area contributed by atoms with Gasteiger partial charge in [-0.2, -0.15) is 0 Å². The van der Waals surface area contributed by atoms with E-state index in [0.717, 1.165) is 0 Å². The van der Waals surface area contributed by atoms with Gasteiger partial charge in [0.25, 0.3) is 0 Å². The highest BCUT2D eigenvalue weighted by molar-refractivity contribution is 5.37. The van der Waals surface area contributed by atoms with Crippen LogP contribution in [0, 0.1) is 0 Å². The third kappa shape index (κ3) is 5.85. The third-order valence-corrected chi connectivity index (χ3v) is 4.57. The molecule has 0 amide bonds. The van der Waals surface area contributed by atoms with Crippen molar-refractivity contribution in [2.24, 2.45) is 0 Å². The number of benzene rings is 1. The highest BCUT2D eigenvalue weighted by Gasteiger charge is 2.18. The molecule has 0 saturated heterocycles. The largest absolute Gasteiger partial charge is 0.0654 e. The summed E-state index contributed by atoms with van der Waals surface area (Å²) < 4.78 is 0. The summed E-state index contributed by atoms with van der Waals surface area (Å²) in [4.78, 5) is 0. The lowest BCUT2D eigenvalue weighted by molar-refractivity contribution is 0.569. The van der Waals surface area contributed by atoms with Crippen molar-refractivity contribution in [2.45, 2.75) is 97.8 Å². The molecule has 0 aliphatic rings. The molecule has 21 heavy (non-hydrogen) atoms. The van der Waals surface area contributed by atoms with Gasteiger partial charge in [0.1, 0.15) is 0 Å². The monoisotopic (exact) mass is 288 g/mol. The number of hydrogen-bond acceptors (Lipinski definition) is 0. The van der Waals surface area contributed by atoms with E-state index in [1.165, 1.54) is 43.2 Å². The average Bonchev–Trinajstić information content (AvgIpc) is 2.41. The van der Waals surface area contributed by atoms with Crippen molar-refractivity contribution in [1.82, 2.24) is 0 Å². The SMILES string of the molecule is CCCCCCC(C)c1cc(C(C)C)cc(C(C)(C)C)c1. The van der Waals surface area contributed by atoms with Crippen molar-refractivity contribution in [3.63, 3.8) is 0 Å². The van der Waals surface area contributed by atoms with Crippen molar-refractivity contribution in [3.05, 3.63) is 34.9 Å². The molecular formula is C21H36. The molecule has 1 atom stereocenters. The molecule has 0 aromatic heterocycles. The van der Waals surface area contributed by atoms with Gasteiger partial charge in [0.05, 0.1) is 0 Å². The van der Waals surface area contributed by atoms with Crippen molar-refractivity contribution in [3.8, 4) is 0 Å². The third-order valence-electron chi connectivity index (χ3n) is 4.57.